The molecule has 0 aromatic heterocycles. The summed E-state index contributed by atoms with van der Waals surface area (Å²) in [5.74, 6) is 0. The van der Waals surface area contributed by atoms with Gasteiger partial charge in [0.2, 0.25) is 0 Å². The van der Waals surface area contributed by atoms with Crippen molar-refractivity contribution in [3.63, 3.8) is 0 Å². The van der Waals surface area contributed by atoms with Gasteiger partial charge in [0.25, 0.3) is 0 Å². The van der Waals surface area contributed by atoms with Crippen molar-refractivity contribution < 1.29 is 14.6 Å². The normalized spacial score (nSPS) is 17.3. The Morgan fingerprint density at radius 2 is 1.88 bits per heavy atom. The van der Waals surface area contributed by atoms with Gasteiger partial charge in [-0.05, 0) is 25.7 Å². The summed E-state index contributed by atoms with van der Waals surface area (Å²) in [6.07, 6.45) is 10.7. The van der Waals surface area contributed by atoms with Crippen LogP contribution in [-0.2, 0) is 9.47 Å². The Hall–Kier alpha value is -0.960. The lowest BCUT2D eigenvalue weighted by molar-refractivity contribution is -0.0558. The minimum Gasteiger partial charge on any atom is -0.499 e. The summed E-state index contributed by atoms with van der Waals surface area (Å²) in [6, 6.07) is 0. The zero-order valence-corrected chi connectivity index (χ0v) is 10.9. The first-order chi connectivity index (χ1) is 8.24. The average molecular weight is 242 g/mol. The Bertz CT molecular complexity index is 186. The first-order valence-electron chi connectivity index (χ1n) is 6.45. The Balaban J connectivity index is 0.000000304. The molecule has 3 nitrogen and oxygen atoms in total. The fraction of sp³-hybridized carbons (Fsp3) is 0.714. The lowest BCUT2D eigenvalue weighted by Gasteiger charge is -2.20. The van der Waals surface area contributed by atoms with Crippen LogP contribution in [0.3, 0.4) is 0 Å². The maximum atomic E-state index is 8.76. The van der Waals surface area contributed by atoms with Gasteiger partial charge in [-0.1, -0.05) is 32.9 Å². The Morgan fingerprint density at radius 3 is 2.35 bits per heavy atom. The van der Waals surface area contributed by atoms with Crippen molar-refractivity contribution in [2.24, 2.45) is 0 Å². The summed E-state index contributed by atoms with van der Waals surface area (Å²) in [5.41, 5.74) is 0. The number of rotatable bonds is 6. The second-order valence-electron chi connectivity index (χ2n) is 4.11. The molecule has 0 aromatic rings. The van der Waals surface area contributed by atoms with Crippen molar-refractivity contribution in [3.05, 3.63) is 25.7 Å². The monoisotopic (exact) mass is 242 g/mol. The molecule has 1 aliphatic rings. The molecule has 3 heteroatoms. The van der Waals surface area contributed by atoms with Gasteiger partial charge in [0.1, 0.15) is 0 Å². The number of hydrogen-bond acceptors (Lipinski definition) is 3. The molecule has 0 radical (unpaired) electrons. The van der Waals surface area contributed by atoms with Crippen LogP contribution in [0.2, 0.25) is 0 Å². The summed E-state index contributed by atoms with van der Waals surface area (Å²) in [7, 11) is 0. The van der Waals surface area contributed by atoms with Crippen molar-refractivity contribution >= 4 is 0 Å². The van der Waals surface area contributed by atoms with Crippen molar-refractivity contribution in [2.45, 2.75) is 64.3 Å². The molecule has 100 valence electrons. The van der Waals surface area contributed by atoms with Gasteiger partial charge in [0.15, 0.2) is 6.29 Å². The Morgan fingerprint density at radius 1 is 1.24 bits per heavy atom. The number of hydrogen-bond donors (Lipinski definition) is 1. The molecule has 0 heterocycles. The predicted octanol–water partition coefficient (Wildman–Crippen LogP) is 3.74. The van der Waals surface area contributed by atoms with Gasteiger partial charge in [0.05, 0.1) is 18.6 Å². The Kier molecular flexibility index (Phi) is 10.9. The van der Waals surface area contributed by atoms with Gasteiger partial charge in [-0.2, -0.15) is 0 Å². The second kappa shape index (κ2) is 11.5. The molecule has 1 atom stereocenters. The lowest BCUT2D eigenvalue weighted by Crippen LogP contribution is -2.13. The SMILES string of the molecule is C=COC(O)CCC.C=COC1CCCCC1. The highest BCUT2D eigenvalue weighted by Gasteiger charge is 2.11. The molecule has 0 amide bonds. The third kappa shape index (κ3) is 9.94. The van der Waals surface area contributed by atoms with Crippen LogP contribution >= 0.6 is 0 Å². The molecule has 1 rings (SSSR count). The van der Waals surface area contributed by atoms with Crippen LogP contribution in [0.5, 0.6) is 0 Å². The summed E-state index contributed by atoms with van der Waals surface area (Å²) in [4.78, 5) is 0. The third-order valence-electron chi connectivity index (χ3n) is 2.63. The highest BCUT2D eigenvalue weighted by molar-refractivity contribution is 4.67. The van der Waals surface area contributed by atoms with Crippen LogP contribution in [0, 0.1) is 0 Å². The standard InChI is InChI=1S/C8H14O.C6H12O2/c1-2-9-8-6-4-3-5-7-8;1-3-5-6(7)8-4-2/h2,8H,1,3-7H2;4,6-7H,2-3,5H2,1H3. The molecule has 0 bridgehead atoms. The smallest absolute Gasteiger partial charge is 0.196 e. The van der Waals surface area contributed by atoms with E-state index in [2.05, 4.69) is 17.9 Å². The predicted molar refractivity (Wildman–Crippen MR) is 70.4 cm³/mol. The van der Waals surface area contributed by atoms with Crippen LogP contribution in [-0.4, -0.2) is 17.5 Å². The topological polar surface area (TPSA) is 38.7 Å². The van der Waals surface area contributed by atoms with Gasteiger partial charge in [-0.3, -0.25) is 0 Å². The summed E-state index contributed by atoms with van der Waals surface area (Å²) < 4.78 is 9.85. The van der Waals surface area contributed by atoms with Crippen molar-refractivity contribution in [1.82, 2.24) is 0 Å². The Labute approximate surface area is 105 Å². The summed E-state index contributed by atoms with van der Waals surface area (Å²) >= 11 is 0. The van der Waals surface area contributed by atoms with E-state index >= 15 is 0 Å². The molecule has 0 spiro atoms. The van der Waals surface area contributed by atoms with Crippen LogP contribution < -0.4 is 0 Å². The van der Waals surface area contributed by atoms with Crippen molar-refractivity contribution in [1.29, 1.82) is 0 Å². The zero-order chi connectivity index (χ0) is 12.9. The number of ether oxygens (including phenoxy) is 2. The average Bonchev–Trinajstić information content (AvgIpc) is 2.32. The van der Waals surface area contributed by atoms with Crippen LogP contribution in [0.25, 0.3) is 0 Å². The van der Waals surface area contributed by atoms with Gasteiger partial charge in [0, 0.05) is 6.42 Å². The molecular formula is C14H26O3. The van der Waals surface area contributed by atoms with E-state index in [0.717, 1.165) is 6.42 Å². The van der Waals surface area contributed by atoms with Crippen molar-refractivity contribution in [2.75, 3.05) is 0 Å². The van der Waals surface area contributed by atoms with E-state index in [1.54, 1.807) is 6.26 Å². The van der Waals surface area contributed by atoms with E-state index in [9.17, 15) is 0 Å². The third-order valence-corrected chi connectivity index (χ3v) is 2.63. The van der Waals surface area contributed by atoms with E-state index in [0.29, 0.717) is 12.5 Å². The highest BCUT2D eigenvalue weighted by atomic mass is 16.6. The molecule has 1 unspecified atom stereocenters. The molecule has 1 saturated carbocycles. The molecule has 1 fully saturated rings. The van der Waals surface area contributed by atoms with Crippen LogP contribution in [0.1, 0.15) is 51.9 Å². The van der Waals surface area contributed by atoms with E-state index in [-0.39, 0.29) is 0 Å². The minimum absolute atomic E-state index is 0.483. The van der Waals surface area contributed by atoms with Gasteiger partial charge in [-0.15, -0.1) is 0 Å². The van der Waals surface area contributed by atoms with Gasteiger partial charge < -0.3 is 14.6 Å². The van der Waals surface area contributed by atoms with Crippen molar-refractivity contribution in [3.8, 4) is 0 Å². The minimum atomic E-state index is -0.655. The second-order valence-corrected chi connectivity index (χ2v) is 4.11. The van der Waals surface area contributed by atoms with Crippen LogP contribution in [0.4, 0.5) is 0 Å². The number of aliphatic hydroxyl groups excluding tert-OH is 1. The fourth-order valence-corrected chi connectivity index (χ4v) is 1.76. The van der Waals surface area contributed by atoms with E-state index in [1.165, 1.54) is 38.4 Å². The molecule has 17 heavy (non-hydrogen) atoms. The molecule has 0 saturated heterocycles. The molecule has 0 aromatic carbocycles. The zero-order valence-electron chi connectivity index (χ0n) is 10.9. The molecule has 0 aliphatic heterocycles. The maximum Gasteiger partial charge on any atom is 0.196 e. The van der Waals surface area contributed by atoms with E-state index in [1.807, 2.05) is 6.92 Å². The first kappa shape index (κ1) is 16.0. The largest absolute Gasteiger partial charge is 0.499 e. The quantitative estimate of drug-likeness (QED) is 0.569. The van der Waals surface area contributed by atoms with Crippen LogP contribution in [0.15, 0.2) is 25.7 Å². The van der Waals surface area contributed by atoms with Gasteiger partial charge >= 0.3 is 0 Å². The maximum absolute atomic E-state index is 8.76. The summed E-state index contributed by atoms with van der Waals surface area (Å²) in [5, 5.41) is 8.76. The molecule has 1 N–H and O–H groups in total. The highest BCUT2D eigenvalue weighted by Crippen LogP contribution is 2.19. The molecule has 1 aliphatic carbocycles. The van der Waals surface area contributed by atoms with E-state index in [4.69, 9.17) is 9.84 Å². The number of aliphatic hydroxyl groups is 1. The van der Waals surface area contributed by atoms with Gasteiger partial charge in [-0.25, -0.2) is 0 Å². The van der Waals surface area contributed by atoms with E-state index < -0.39 is 6.29 Å². The first-order valence-corrected chi connectivity index (χ1v) is 6.45. The lowest BCUT2D eigenvalue weighted by atomic mass is 9.98. The molecular weight excluding hydrogens is 216 g/mol. The fourth-order valence-electron chi connectivity index (χ4n) is 1.76. The summed E-state index contributed by atoms with van der Waals surface area (Å²) in [6.45, 7) is 8.82.